The lowest BCUT2D eigenvalue weighted by Gasteiger charge is -2.26. The molecule has 3 heterocycles. The summed E-state index contributed by atoms with van der Waals surface area (Å²) < 4.78 is 6.95. The monoisotopic (exact) mass is 518 g/mol. The number of carbonyl (C=O) groups is 3. The second-order valence-electron chi connectivity index (χ2n) is 10.2. The lowest BCUT2D eigenvalue weighted by molar-refractivity contribution is -0.135. The molecule has 2 fully saturated rings. The first-order valence-electron chi connectivity index (χ1n) is 13.2. The number of ether oxygens (including phenoxy) is 1. The summed E-state index contributed by atoms with van der Waals surface area (Å²) in [6.45, 7) is 6.97. The molecule has 1 unspecified atom stereocenters. The average molecular weight is 519 g/mol. The van der Waals surface area contributed by atoms with Crippen LogP contribution in [0.1, 0.15) is 41.1 Å². The summed E-state index contributed by atoms with van der Waals surface area (Å²) in [6.07, 6.45) is 3.56. The lowest BCUT2D eigenvalue weighted by Crippen LogP contribution is -2.41. The molecule has 2 saturated heterocycles. The van der Waals surface area contributed by atoms with E-state index in [0.717, 1.165) is 55.8 Å². The van der Waals surface area contributed by atoms with Crippen molar-refractivity contribution < 1.29 is 24.2 Å². The van der Waals surface area contributed by atoms with Gasteiger partial charge >= 0.3 is 0 Å². The number of morpholine rings is 1. The van der Waals surface area contributed by atoms with Gasteiger partial charge < -0.3 is 19.7 Å². The molecule has 2 aliphatic heterocycles. The van der Waals surface area contributed by atoms with Gasteiger partial charge in [0.05, 0.1) is 19.6 Å². The van der Waals surface area contributed by atoms with E-state index in [1.165, 1.54) is 15.7 Å². The van der Waals surface area contributed by atoms with Crippen LogP contribution in [-0.2, 0) is 38.5 Å². The minimum absolute atomic E-state index is 0.00567. The van der Waals surface area contributed by atoms with Crippen molar-refractivity contribution in [1.29, 1.82) is 0 Å². The molecule has 0 saturated carbocycles. The highest BCUT2D eigenvalue weighted by Gasteiger charge is 2.30. The van der Waals surface area contributed by atoms with E-state index in [0.29, 0.717) is 24.8 Å². The summed E-state index contributed by atoms with van der Waals surface area (Å²) in [5.41, 5.74) is 4.39. The Labute approximate surface area is 221 Å². The fourth-order valence-corrected chi connectivity index (χ4v) is 5.22. The predicted octanol–water partition coefficient (Wildman–Crippen LogP) is 2.37. The van der Waals surface area contributed by atoms with Crippen molar-refractivity contribution in [3.63, 3.8) is 0 Å². The van der Waals surface area contributed by atoms with Gasteiger partial charge in [-0.1, -0.05) is 24.3 Å². The van der Waals surface area contributed by atoms with Crippen LogP contribution in [0.15, 0.2) is 42.6 Å². The van der Waals surface area contributed by atoms with E-state index in [9.17, 15) is 19.5 Å². The number of hydrogen-bond acceptors (Lipinski definition) is 6. The molecule has 2 aromatic carbocycles. The zero-order valence-corrected chi connectivity index (χ0v) is 21.7. The summed E-state index contributed by atoms with van der Waals surface area (Å²) in [4.78, 5) is 38.9. The van der Waals surface area contributed by atoms with Gasteiger partial charge in [-0.15, -0.1) is 0 Å². The molecule has 9 heteroatoms. The third-order valence-electron chi connectivity index (χ3n) is 7.49. The number of hydrogen-bond donors (Lipinski definition) is 3. The van der Waals surface area contributed by atoms with Crippen molar-refractivity contribution in [2.45, 2.75) is 45.2 Å². The van der Waals surface area contributed by atoms with Crippen molar-refractivity contribution in [2.75, 3.05) is 32.8 Å². The van der Waals surface area contributed by atoms with E-state index in [1.807, 2.05) is 18.2 Å². The number of amides is 3. The number of nitrogens with one attached hydrogen (secondary N) is 2. The topological polar surface area (TPSA) is 113 Å². The van der Waals surface area contributed by atoms with Gasteiger partial charge in [0.2, 0.25) is 17.7 Å². The molecule has 1 aromatic heterocycles. The van der Waals surface area contributed by atoms with Crippen LogP contribution in [0.4, 0.5) is 0 Å². The van der Waals surface area contributed by atoms with Crippen molar-refractivity contribution in [2.24, 2.45) is 0 Å². The molecule has 0 aliphatic carbocycles. The molecule has 3 aromatic rings. The van der Waals surface area contributed by atoms with Crippen LogP contribution in [0.5, 0.6) is 5.88 Å². The van der Waals surface area contributed by atoms with E-state index in [4.69, 9.17) is 4.74 Å². The van der Waals surface area contributed by atoms with Gasteiger partial charge in [0, 0.05) is 49.6 Å². The Morgan fingerprint density at radius 3 is 2.71 bits per heavy atom. The van der Waals surface area contributed by atoms with Gasteiger partial charge in [-0.05, 0) is 54.2 Å². The number of imide groups is 1. The summed E-state index contributed by atoms with van der Waals surface area (Å²) in [5.74, 6) is -0.772. The first-order chi connectivity index (χ1) is 18.4. The summed E-state index contributed by atoms with van der Waals surface area (Å²) in [7, 11) is 0. The number of nitrogens with zero attached hydrogens (tertiary/aromatic N) is 2. The first kappa shape index (κ1) is 25.9. The van der Waals surface area contributed by atoms with Gasteiger partial charge in [-0.25, -0.2) is 0 Å². The number of rotatable bonds is 8. The third-order valence-corrected chi connectivity index (χ3v) is 7.49. The zero-order chi connectivity index (χ0) is 26.6. The quantitative estimate of drug-likeness (QED) is 0.395. The van der Waals surface area contributed by atoms with Crippen molar-refractivity contribution >= 4 is 28.5 Å². The van der Waals surface area contributed by atoms with Crippen LogP contribution < -0.4 is 10.6 Å². The van der Waals surface area contributed by atoms with E-state index in [1.54, 1.807) is 12.3 Å². The molecule has 5 rings (SSSR count). The predicted molar refractivity (Wildman–Crippen MR) is 143 cm³/mol. The number of aryl methyl sites for hydroxylation is 1. The number of benzene rings is 2. The molecule has 0 spiro atoms. The minimum Gasteiger partial charge on any atom is -0.494 e. The van der Waals surface area contributed by atoms with E-state index in [-0.39, 0.29) is 24.1 Å². The number of aromatic hydroxyl groups is 1. The molecule has 1 atom stereocenters. The van der Waals surface area contributed by atoms with Gasteiger partial charge in [0.15, 0.2) is 5.88 Å². The molecule has 0 radical (unpaired) electrons. The van der Waals surface area contributed by atoms with Crippen molar-refractivity contribution in [3.8, 4) is 5.88 Å². The van der Waals surface area contributed by atoms with Crippen LogP contribution in [0.25, 0.3) is 10.8 Å². The fraction of sp³-hybridized carbons (Fsp3) is 0.414. The SMILES string of the molecule is Cc1ccc(CC(=O)NCc2ccc3c(O)n(C4CCC(=O)NC4=O)cc3c2)cc1CCN1CCOCC1. The molecule has 3 amide bonds. The molecule has 9 nitrogen and oxygen atoms in total. The Hall–Kier alpha value is -3.69. The number of aromatic nitrogens is 1. The Morgan fingerprint density at radius 2 is 1.92 bits per heavy atom. The zero-order valence-electron chi connectivity index (χ0n) is 21.7. The summed E-state index contributed by atoms with van der Waals surface area (Å²) >= 11 is 0. The Kier molecular flexibility index (Phi) is 7.76. The molecule has 0 bridgehead atoms. The minimum atomic E-state index is -0.628. The van der Waals surface area contributed by atoms with E-state index in [2.05, 4.69) is 34.6 Å². The molecule has 38 heavy (non-hydrogen) atoms. The molecule has 3 N–H and O–H groups in total. The average Bonchev–Trinajstić information content (AvgIpc) is 3.23. The highest BCUT2D eigenvalue weighted by atomic mass is 16.5. The second-order valence-corrected chi connectivity index (χ2v) is 10.2. The standard InChI is InChI=1S/C29H34N4O5/c1-19-2-3-20(14-22(19)8-9-32-10-12-38-13-11-32)16-27(35)30-17-21-4-5-24-23(15-21)18-33(29(24)37)25-6-7-26(34)31-28(25)36/h2-5,14-15,18,25,37H,6-13,16-17H2,1H3,(H,30,35)(H,31,34,36). The number of piperidine rings is 1. The lowest BCUT2D eigenvalue weighted by atomic mass is 10.00. The molecular weight excluding hydrogens is 484 g/mol. The van der Waals surface area contributed by atoms with E-state index < -0.39 is 11.9 Å². The van der Waals surface area contributed by atoms with Gasteiger partial charge in [-0.3, -0.25) is 24.6 Å². The first-order valence-corrected chi connectivity index (χ1v) is 13.2. The Bertz CT molecular complexity index is 1360. The van der Waals surface area contributed by atoms with Gasteiger partial charge in [0.1, 0.15) is 6.04 Å². The maximum Gasteiger partial charge on any atom is 0.249 e. The number of fused-ring (bicyclic) bond motifs is 1. The molecule has 2 aliphatic rings. The van der Waals surface area contributed by atoms with Crippen molar-refractivity contribution in [1.82, 2.24) is 20.1 Å². The van der Waals surface area contributed by atoms with Crippen LogP contribution in [0.3, 0.4) is 0 Å². The Morgan fingerprint density at radius 1 is 1.13 bits per heavy atom. The summed E-state index contributed by atoms with van der Waals surface area (Å²) in [6, 6.07) is 11.2. The molecular formula is C29H34N4O5. The van der Waals surface area contributed by atoms with Crippen LogP contribution in [0, 0.1) is 6.92 Å². The number of carbonyl (C=O) groups excluding carboxylic acids is 3. The van der Waals surface area contributed by atoms with Crippen LogP contribution in [-0.4, -0.2) is 65.1 Å². The Balaban J connectivity index is 1.19. The summed E-state index contributed by atoms with van der Waals surface area (Å²) in [5, 5.41) is 17.4. The van der Waals surface area contributed by atoms with Gasteiger partial charge in [0.25, 0.3) is 0 Å². The smallest absolute Gasteiger partial charge is 0.249 e. The largest absolute Gasteiger partial charge is 0.494 e. The normalized spacial score (nSPS) is 18.5. The molecule has 200 valence electrons. The maximum absolute atomic E-state index is 12.7. The van der Waals surface area contributed by atoms with Gasteiger partial charge in [-0.2, -0.15) is 0 Å². The van der Waals surface area contributed by atoms with E-state index >= 15 is 0 Å². The highest BCUT2D eigenvalue weighted by Crippen LogP contribution is 2.33. The van der Waals surface area contributed by atoms with Crippen LogP contribution in [0.2, 0.25) is 0 Å². The second kappa shape index (κ2) is 11.4. The van der Waals surface area contributed by atoms with Crippen molar-refractivity contribution in [3.05, 3.63) is 64.8 Å². The maximum atomic E-state index is 12.7. The third kappa shape index (κ3) is 5.89. The highest BCUT2D eigenvalue weighted by molar-refractivity contribution is 6.00. The van der Waals surface area contributed by atoms with Crippen LogP contribution >= 0.6 is 0 Å². The fourth-order valence-electron chi connectivity index (χ4n) is 5.22.